The Morgan fingerprint density at radius 2 is 1.63 bits per heavy atom. The highest BCUT2D eigenvalue weighted by molar-refractivity contribution is 5.99. The average molecular weight is 411 g/mol. The first-order valence-corrected chi connectivity index (χ1v) is 9.63. The van der Waals surface area contributed by atoms with Crippen molar-refractivity contribution in [2.75, 3.05) is 40.5 Å². The number of ether oxygens (including phenoxy) is 3. The third-order valence-corrected chi connectivity index (χ3v) is 4.91. The van der Waals surface area contributed by atoms with Gasteiger partial charge >= 0.3 is 5.97 Å². The van der Waals surface area contributed by atoms with Gasteiger partial charge in [0.2, 0.25) is 5.91 Å². The molecule has 0 atom stereocenters. The number of rotatable bonds is 7. The van der Waals surface area contributed by atoms with Gasteiger partial charge in [0.25, 0.3) is 0 Å². The van der Waals surface area contributed by atoms with Crippen LogP contribution in [0.2, 0.25) is 0 Å². The lowest BCUT2D eigenvalue weighted by Gasteiger charge is -2.26. The second kappa shape index (κ2) is 9.93. The molecule has 2 aromatic carbocycles. The summed E-state index contributed by atoms with van der Waals surface area (Å²) in [5.74, 6) is 0.165. The molecular formula is C23H25NO6. The number of carbonyl (C=O) groups excluding carboxylic acids is 1. The fraction of sp³-hybridized carbons (Fsp3) is 0.304. The molecule has 2 aromatic rings. The molecule has 3 rings (SSSR count). The summed E-state index contributed by atoms with van der Waals surface area (Å²) in [7, 11) is 3.13. The van der Waals surface area contributed by atoms with Crippen molar-refractivity contribution >= 4 is 17.4 Å². The lowest BCUT2D eigenvalue weighted by molar-refractivity contribution is -0.136. The van der Waals surface area contributed by atoms with Crippen LogP contribution < -0.4 is 9.47 Å². The standard InChI is InChI=1S/C23H25NO6/c1-28-20-8-7-18(14-21(20)29-2)19(15-22(25)24-9-11-30-12-10-24)17-5-3-16(4-6-17)13-23(26)27/h3-8,14-15H,9-13H2,1-2H3,(H,26,27). The van der Waals surface area contributed by atoms with Crippen LogP contribution in [-0.4, -0.2) is 62.4 Å². The van der Waals surface area contributed by atoms with Crippen LogP contribution in [0.15, 0.2) is 48.5 Å². The number of carboxylic acids is 1. The Labute approximate surface area is 175 Å². The smallest absolute Gasteiger partial charge is 0.307 e. The van der Waals surface area contributed by atoms with Gasteiger partial charge in [-0.25, -0.2) is 0 Å². The highest BCUT2D eigenvalue weighted by Gasteiger charge is 2.18. The first kappa shape index (κ1) is 21.4. The molecule has 7 heteroatoms. The lowest BCUT2D eigenvalue weighted by Crippen LogP contribution is -2.39. The van der Waals surface area contributed by atoms with E-state index >= 15 is 0 Å². The summed E-state index contributed by atoms with van der Waals surface area (Å²) in [5, 5.41) is 9.00. The summed E-state index contributed by atoms with van der Waals surface area (Å²) in [4.78, 5) is 25.6. The molecule has 1 aliphatic heterocycles. The molecule has 30 heavy (non-hydrogen) atoms. The third kappa shape index (κ3) is 5.18. The van der Waals surface area contributed by atoms with E-state index in [1.165, 1.54) is 0 Å². The van der Waals surface area contributed by atoms with E-state index in [0.717, 1.165) is 11.1 Å². The second-order valence-corrected chi connectivity index (χ2v) is 6.83. The molecule has 1 aliphatic rings. The molecule has 158 valence electrons. The monoisotopic (exact) mass is 411 g/mol. The molecule has 1 fully saturated rings. The molecule has 1 amide bonds. The molecule has 0 aliphatic carbocycles. The summed E-state index contributed by atoms with van der Waals surface area (Å²) >= 11 is 0. The first-order valence-electron chi connectivity index (χ1n) is 9.63. The first-order chi connectivity index (χ1) is 14.5. The third-order valence-electron chi connectivity index (χ3n) is 4.91. The summed E-state index contributed by atoms with van der Waals surface area (Å²) in [6, 6.07) is 12.7. The molecule has 0 aromatic heterocycles. The lowest BCUT2D eigenvalue weighted by atomic mass is 9.95. The van der Waals surface area contributed by atoms with Gasteiger partial charge in [0.15, 0.2) is 11.5 Å². The van der Waals surface area contributed by atoms with Crippen LogP contribution in [-0.2, 0) is 20.7 Å². The fourth-order valence-electron chi connectivity index (χ4n) is 3.31. The summed E-state index contributed by atoms with van der Waals surface area (Å²) in [5.41, 5.74) is 3.00. The van der Waals surface area contributed by atoms with Crippen LogP contribution in [0.3, 0.4) is 0 Å². The zero-order chi connectivity index (χ0) is 21.5. The van der Waals surface area contributed by atoms with Crippen LogP contribution in [0.5, 0.6) is 11.5 Å². The van der Waals surface area contributed by atoms with Gasteiger partial charge in [-0.3, -0.25) is 9.59 Å². The Morgan fingerprint density at radius 3 is 2.23 bits per heavy atom. The molecule has 0 spiro atoms. The largest absolute Gasteiger partial charge is 0.493 e. The van der Waals surface area contributed by atoms with Crippen molar-refractivity contribution in [3.8, 4) is 11.5 Å². The Bertz CT molecular complexity index is 929. The molecule has 0 saturated carbocycles. The number of morpholine rings is 1. The SMILES string of the molecule is COc1ccc(C(=CC(=O)N2CCOCC2)c2ccc(CC(=O)O)cc2)cc1OC. The van der Waals surface area contributed by atoms with Crippen LogP contribution >= 0.6 is 0 Å². The van der Waals surface area contributed by atoms with E-state index in [1.54, 1.807) is 43.4 Å². The maximum atomic E-state index is 12.9. The van der Waals surface area contributed by atoms with E-state index < -0.39 is 5.97 Å². The van der Waals surface area contributed by atoms with Crippen molar-refractivity contribution < 1.29 is 28.9 Å². The number of benzene rings is 2. The molecule has 0 bridgehead atoms. The topological polar surface area (TPSA) is 85.3 Å². The van der Waals surface area contributed by atoms with Gasteiger partial charge < -0.3 is 24.2 Å². The maximum absolute atomic E-state index is 12.9. The number of hydrogen-bond acceptors (Lipinski definition) is 5. The molecule has 0 unspecified atom stereocenters. The molecule has 1 N–H and O–H groups in total. The fourth-order valence-corrected chi connectivity index (χ4v) is 3.31. The number of aliphatic carboxylic acids is 1. The van der Waals surface area contributed by atoms with Crippen molar-refractivity contribution in [2.24, 2.45) is 0 Å². The minimum atomic E-state index is -0.888. The predicted molar refractivity (Wildman–Crippen MR) is 112 cm³/mol. The second-order valence-electron chi connectivity index (χ2n) is 6.83. The van der Waals surface area contributed by atoms with Gasteiger partial charge in [0, 0.05) is 19.2 Å². The zero-order valence-corrected chi connectivity index (χ0v) is 17.1. The van der Waals surface area contributed by atoms with E-state index in [0.29, 0.717) is 48.9 Å². The van der Waals surface area contributed by atoms with Gasteiger partial charge in [-0.1, -0.05) is 30.3 Å². The van der Waals surface area contributed by atoms with E-state index in [2.05, 4.69) is 0 Å². The van der Waals surface area contributed by atoms with Crippen molar-refractivity contribution in [3.05, 3.63) is 65.2 Å². The van der Waals surface area contributed by atoms with E-state index in [-0.39, 0.29) is 12.3 Å². The van der Waals surface area contributed by atoms with Crippen LogP contribution in [0.1, 0.15) is 16.7 Å². The summed E-state index contributed by atoms with van der Waals surface area (Å²) in [6.07, 6.45) is 1.56. The van der Waals surface area contributed by atoms with Gasteiger partial charge in [-0.2, -0.15) is 0 Å². The maximum Gasteiger partial charge on any atom is 0.307 e. The number of hydrogen-bond donors (Lipinski definition) is 1. The summed E-state index contributed by atoms with van der Waals surface area (Å²) < 4.78 is 16.1. The molecular weight excluding hydrogens is 386 g/mol. The number of carboxylic acid groups (broad SMARTS) is 1. The van der Waals surface area contributed by atoms with E-state index in [1.807, 2.05) is 24.3 Å². The Balaban J connectivity index is 2.01. The normalized spacial score (nSPS) is 14.3. The summed E-state index contributed by atoms with van der Waals surface area (Å²) in [6.45, 7) is 2.14. The van der Waals surface area contributed by atoms with Crippen molar-refractivity contribution in [2.45, 2.75) is 6.42 Å². The minimum absolute atomic E-state index is 0.0532. The highest BCUT2D eigenvalue weighted by Crippen LogP contribution is 2.33. The zero-order valence-electron chi connectivity index (χ0n) is 17.1. The van der Waals surface area contributed by atoms with E-state index in [4.69, 9.17) is 19.3 Å². The Hall–Kier alpha value is -3.32. The Morgan fingerprint density at radius 1 is 1.00 bits per heavy atom. The molecule has 7 nitrogen and oxygen atoms in total. The van der Waals surface area contributed by atoms with Gasteiger partial charge in [-0.05, 0) is 34.4 Å². The van der Waals surface area contributed by atoms with Crippen molar-refractivity contribution in [1.29, 1.82) is 0 Å². The molecule has 0 radical (unpaired) electrons. The quantitative estimate of drug-likeness (QED) is 0.705. The average Bonchev–Trinajstić information content (AvgIpc) is 2.77. The van der Waals surface area contributed by atoms with Crippen LogP contribution in [0.25, 0.3) is 5.57 Å². The highest BCUT2D eigenvalue weighted by atomic mass is 16.5. The van der Waals surface area contributed by atoms with Crippen LogP contribution in [0.4, 0.5) is 0 Å². The molecule has 1 saturated heterocycles. The van der Waals surface area contributed by atoms with Crippen LogP contribution in [0, 0.1) is 0 Å². The number of amides is 1. The van der Waals surface area contributed by atoms with Crippen molar-refractivity contribution in [1.82, 2.24) is 4.90 Å². The van der Waals surface area contributed by atoms with Gasteiger partial charge in [0.1, 0.15) is 0 Å². The molecule has 1 heterocycles. The number of nitrogens with zero attached hydrogens (tertiary/aromatic N) is 1. The number of methoxy groups -OCH3 is 2. The number of carbonyl (C=O) groups is 2. The van der Waals surface area contributed by atoms with Crippen molar-refractivity contribution in [3.63, 3.8) is 0 Å². The van der Waals surface area contributed by atoms with E-state index in [9.17, 15) is 9.59 Å². The van der Waals surface area contributed by atoms with Gasteiger partial charge in [0.05, 0.1) is 33.9 Å². The Kier molecular flexibility index (Phi) is 7.08. The van der Waals surface area contributed by atoms with Gasteiger partial charge in [-0.15, -0.1) is 0 Å². The minimum Gasteiger partial charge on any atom is -0.493 e. The predicted octanol–water partition coefficient (Wildman–Crippen LogP) is 2.62.